The molecule has 0 saturated heterocycles. The summed E-state index contributed by atoms with van der Waals surface area (Å²) in [6.45, 7) is 7.14. The summed E-state index contributed by atoms with van der Waals surface area (Å²) >= 11 is 1.57. The van der Waals surface area contributed by atoms with Gasteiger partial charge in [-0.05, 0) is 26.0 Å². The number of pyridine rings is 1. The highest BCUT2D eigenvalue weighted by molar-refractivity contribution is 7.11. The average molecular weight is 275 g/mol. The molecule has 1 N–H and O–H groups in total. The van der Waals surface area contributed by atoms with Crippen LogP contribution in [-0.2, 0) is 18.4 Å². The monoisotopic (exact) mass is 275 g/mol. The van der Waals surface area contributed by atoms with E-state index in [1.165, 1.54) is 0 Å². The van der Waals surface area contributed by atoms with E-state index in [-0.39, 0.29) is 0 Å². The molecular weight excluding hydrogens is 258 g/mol. The van der Waals surface area contributed by atoms with Crippen molar-refractivity contribution in [3.8, 4) is 0 Å². The number of hydrogen-bond donors (Lipinski definition) is 1. The summed E-state index contributed by atoms with van der Waals surface area (Å²) in [5.41, 5.74) is 0.632. The topological polar surface area (TPSA) is 58.9 Å². The summed E-state index contributed by atoms with van der Waals surface area (Å²) in [5.74, 6) is 0. The lowest BCUT2D eigenvalue weighted by Gasteiger charge is -2.16. The van der Waals surface area contributed by atoms with E-state index >= 15 is 0 Å². The summed E-state index contributed by atoms with van der Waals surface area (Å²) in [4.78, 5) is 4.46. The van der Waals surface area contributed by atoms with Crippen LogP contribution in [0.1, 0.15) is 35.3 Å². The third kappa shape index (κ3) is 3.68. The van der Waals surface area contributed by atoms with Crippen LogP contribution >= 0.6 is 11.3 Å². The predicted molar refractivity (Wildman–Crippen MR) is 76.1 cm³/mol. The Kier molecular flexibility index (Phi) is 4.07. The average Bonchev–Trinajstić information content (AvgIpc) is 2.76. The van der Waals surface area contributed by atoms with Crippen LogP contribution < -0.4 is 0 Å². The second kappa shape index (κ2) is 5.59. The minimum atomic E-state index is -0.925. The zero-order chi connectivity index (χ0) is 13.9. The lowest BCUT2D eigenvalue weighted by atomic mass is 10.0. The summed E-state index contributed by atoms with van der Waals surface area (Å²) in [6, 6.07) is 5.66. The number of allylic oxidation sites excluding steroid dienone is 1. The van der Waals surface area contributed by atoms with Crippen LogP contribution in [0.2, 0.25) is 0 Å². The van der Waals surface area contributed by atoms with Crippen molar-refractivity contribution in [1.82, 2.24) is 15.2 Å². The maximum atomic E-state index is 9.95. The van der Waals surface area contributed by atoms with E-state index in [1.807, 2.05) is 24.3 Å². The van der Waals surface area contributed by atoms with Gasteiger partial charge in [-0.3, -0.25) is 4.98 Å². The van der Waals surface area contributed by atoms with Gasteiger partial charge in [0.25, 0.3) is 0 Å². The van der Waals surface area contributed by atoms with E-state index in [0.717, 1.165) is 22.1 Å². The maximum Gasteiger partial charge on any atom is 0.123 e. The van der Waals surface area contributed by atoms with Gasteiger partial charge in [0.1, 0.15) is 15.6 Å². The van der Waals surface area contributed by atoms with Crippen LogP contribution in [0.3, 0.4) is 0 Å². The highest BCUT2D eigenvalue weighted by atomic mass is 32.1. The lowest BCUT2D eigenvalue weighted by molar-refractivity contribution is 0.0736. The minimum absolute atomic E-state index is 0.638. The fourth-order valence-corrected chi connectivity index (χ4v) is 2.50. The highest BCUT2D eigenvalue weighted by Gasteiger charge is 2.18. The summed E-state index contributed by atoms with van der Waals surface area (Å²) in [7, 11) is 0. The van der Waals surface area contributed by atoms with Gasteiger partial charge in [-0.2, -0.15) is 0 Å². The molecule has 0 aliphatic carbocycles. The van der Waals surface area contributed by atoms with Crippen molar-refractivity contribution in [3.05, 3.63) is 52.3 Å². The van der Waals surface area contributed by atoms with Crippen molar-refractivity contribution in [2.75, 3.05) is 0 Å². The Morgan fingerprint density at radius 3 is 2.74 bits per heavy atom. The number of aromatic nitrogens is 3. The number of aliphatic hydroxyl groups is 1. The van der Waals surface area contributed by atoms with Gasteiger partial charge in [0, 0.05) is 18.5 Å². The van der Waals surface area contributed by atoms with Crippen molar-refractivity contribution in [1.29, 1.82) is 0 Å². The molecule has 5 heteroatoms. The Hall–Kier alpha value is -1.59. The molecule has 0 radical (unpaired) electrons. The first-order valence-electron chi connectivity index (χ1n) is 6.10. The zero-order valence-corrected chi connectivity index (χ0v) is 11.9. The zero-order valence-electron chi connectivity index (χ0n) is 11.1. The van der Waals surface area contributed by atoms with Gasteiger partial charge in [-0.15, -0.1) is 28.1 Å². The van der Waals surface area contributed by atoms with E-state index in [0.29, 0.717) is 12.1 Å². The van der Waals surface area contributed by atoms with Gasteiger partial charge in [-0.1, -0.05) is 12.1 Å². The SMILES string of the molecule is C=CCc1nnc(Cc2cccc(C(C)(C)O)n2)s1. The number of hydrogen-bond acceptors (Lipinski definition) is 5. The molecule has 0 atom stereocenters. The second-order valence-electron chi connectivity index (χ2n) is 4.83. The molecule has 2 aromatic rings. The van der Waals surface area contributed by atoms with Crippen molar-refractivity contribution in [3.63, 3.8) is 0 Å². The summed E-state index contributed by atoms with van der Waals surface area (Å²) in [5, 5.41) is 20.1. The Balaban J connectivity index is 2.16. The maximum absolute atomic E-state index is 9.95. The smallest absolute Gasteiger partial charge is 0.123 e. The molecular formula is C14H17N3OS. The van der Waals surface area contributed by atoms with E-state index < -0.39 is 5.60 Å². The van der Waals surface area contributed by atoms with Crippen LogP contribution in [0.5, 0.6) is 0 Å². The van der Waals surface area contributed by atoms with Gasteiger partial charge < -0.3 is 5.11 Å². The Labute approximate surface area is 116 Å². The molecule has 0 fully saturated rings. The van der Waals surface area contributed by atoms with E-state index in [2.05, 4.69) is 21.8 Å². The third-order valence-electron chi connectivity index (χ3n) is 2.59. The fourth-order valence-electron chi connectivity index (χ4n) is 1.64. The van der Waals surface area contributed by atoms with Gasteiger partial charge in [0.15, 0.2) is 0 Å². The molecule has 0 bridgehead atoms. The van der Waals surface area contributed by atoms with E-state index in [9.17, 15) is 5.11 Å². The highest BCUT2D eigenvalue weighted by Crippen LogP contribution is 2.19. The van der Waals surface area contributed by atoms with Gasteiger partial charge in [0.05, 0.1) is 5.69 Å². The summed E-state index contributed by atoms with van der Waals surface area (Å²) in [6.07, 6.45) is 3.20. The van der Waals surface area contributed by atoms with Crippen LogP contribution in [-0.4, -0.2) is 20.3 Å². The molecule has 4 nitrogen and oxygen atoms in total. The molecule has 2 aromatic heterocycles. The molecule has 0 aliphatic heterocycles. The standard InChI is InChI=1S/C14H17N3OS/c1-4-6-12-16-17-13(19-12)9-10-7-5-8-11(15-10)14(2,3)18/h4-5,7-8,18H,1,6,9H2,2-3H3. The molecule has 2 heterocycles. The van der Waals surface area contributed by atoms with Crippen molar-refractivity contribution < 1.29 is 5.11 Å². The van der Waals surface area contributed by atoms with Gasteiger partial charge in [0.2, 0.25) is 0 Å². The van der Waals surface area contributed by atoms with Gasteiger partial charge >= 0.3 is 0 Å². The molecule has 2 rings (SSSR count). The third-order valence-corrected chi connectivity index (χ3v) is 3.54. The molecule has 0 aliphatic rings. The van der Waals surface area contributed by atoms with Crippen LogP contribution in [0.15, 0.2) is 30.9 Å². The van der Waals surface area contributed by atoms with Gasteiger partial charge in [-0.25, -0.2) is 0 Å². The molecule has 0 aromatic carbocycles. The van der Waals surface area contributed by atoms with E-state index in [1.54, 1.807) is 25.2 Å². The number of nitrogens with zero attached hydrogens (tertiary/aromatic N) is 3. The molecule has 0 saturated carbocycles. The first kappa shape index (κ1) is 13.8. The minimum Gasteiger partial charge on any atom is -0.384 e. The van der Waals surface area contributed by atoms with Crippen LogP contribution in [0.4, 0.5) is 0 Å². The molecule has 0 unspecified atom stereocenters. The molecule has 100 valence electrons. The molecule has 0 amide bonds. The molecule has 19 heavy (non-hydrogen) atoms. The van der Waals surface area contributed by atoms with Crippen molar-refractivity contribution in [2.45, 2.75) is 32.3 Å². The first-order valence-corrected chi connectivity index (χ1v) is 6.91. The second-order valence-corrected chi connectivity index (χ2v) is 5.98. The summed E-state index contributed by atoms with van der Waals surface area (Å²) < 4.78 is 0. The largest absolute Gasteiger partial charge is 0.384 e. The normalized spacial score (nSPS) is 11.5. The quantitative estimate of drug-likeness (QED) is 0.852. The van der Waals surface area contributed by atoms with Crippen LogP contribution in [0.25, 0.3) is 0 Å². The lowest BCUT2D eigenvalue weighted by Crippen LogP contribution is -2.18. The fraction of sp³-hybridized carbons (Fsp3) is 0.357. The van der Waals surface area contributed by atoms with Crippen molar-refractivity contribution in [2.24, 2.45) is 0 Å². The molecule has 0 spiro atoms. The van der Waals surface area contributed by atoms with E-state index in [4.69, 9.17) is 0 Å². The first-order chi connectivity index (χ1) is 8.99. The van der Waals surface area contributed by atoms with Crippen LogP contribution in [0, 0.1) is 0 Å². The Morgan fingerprint density at radius 2 is 2.05 bits per heavy atom. The van der Waals surface area contributed by atoms with Crippen molar-refractivity contribution >= 4 is 11.3 Å². The predicted octanol–water partition coefficient (Wildman–Crippen LogP) is 2.48. The Bertz CT molecular complexity index is 572. The Morgan fingerprint density at radius 1 is 1.32 bits per heavy atom. The number of rotatable bonds is 5.